The summed E-state index contributed by atoms with van der Waals surface area (Å²) >= 11 is 0. The molecule has 4 heteroatoms. The van der Waals surface area contributed by atoms with Crippen LogP contribution in [-0.2, 0) is 6.42 Å². The number of benzene rings is 1. The number of rotatable bonds is 5. The number of carbonyl (C=O) groups excluding carboxylic acids is 1. The van der Waals surface area contributed by atoms with Crippen LogP contribution in [0.25, 0.3) is 0 Å². The summed E-state index contributed by atoms with van der Waals surface area (Å²) in [6.07, 6.45) is 12.6. The number of nitrogens with zero attached hydrogens (tertiary/aromatic N) is 2. The van der Waals surface area contributed by atoms with Gasteiger partial charge in [-0.25, -0.2) is 0 Å². The van der Waals surface area contributed by atoms with E-state index in [4.69, 9.17) is 0 Å². The highest BCUT2D eigenvalue weighted by atomic mass is 28.3. The molecule has 0 unspecified atom stereocenters. The van der Waals surface area contributed by atoms with Crippen LogP contribution in [-0.4, -0.2) is 45.4 Å². The molecule has 1 aromatic rings. The molecule has 0 fully saturated rings. The maximum Gasteiger partial charge on any atom is 0.185 e. The van der Waals surface area contributed by atoms with Gasteiger partial charge in [-0.2, -0.15) is 0 Å². The molecule has 0 atom stereocenters. The average molecular weight is 391 g/mol. The fourth-order valence-corrected chi connectivity index (χ4v) is 6.07. The Kier molecular flexibility index (Phi) is 5.89. The van der Waals surface area contributed by atoms with Gasteiger partial charge >= 0.3 is 0 Å². The molecule has 0 saturated heterocycles. The van der Waals surface area contributed by atoms with E-state index in [1.807, 2.05) is 24.3 Å². The molecule has 0 bridgehead atoms. The van der Waals surface area contributed by atoms with Gasteiger partial charge in [0, 0.05) is 43.6 Å². The van der Waals surface area contributed by atoms with Crippen LogP contribution in [0.1, 0.15) is 15.9 Å². The Morgan fingerprint density at radius 1 is 1.18 bits per heavy atom. The Bertz CT molecular complexity index is 882. The largest absolute Gasteiger partial charge is 0.374 e. The monoisotopic (exact) mass is 390 g/mol. The molecule has 0 saturated carbocycles. The third-order valence-corrected chi connectivity index (χ3v) is 8.36. The Balaban J connectivity index is 2.10. The Morgan fingerprint density at radius 3 is 2.57 bits per heavy atom. The number of allylic oxidation sites excluding steroid dienone is 4. The second kappa shape index (κ2) is 8.19. The first-order valence-corrected chi connectivity index (χ1v) is 12.9. The zero-order valence-corrected chi connectivity index (χ0v) is 18.2. The second-order valence-electron chi connectivity index (χ2n) is 8.05. The lowest BCUT2D eigenvalue weighted by Gasteiger charge is -2.27. The molecule has 0 amide bonds. The third kappa shape index (κ3) is 3.97. The van der Waals surface area contributed by atoms with Gasteiger partial charge in [0.25, 0.3) is 0 Å². The highest BCUT2D eigenvalue weighted by Crippen LogP contribution is 2.29. The minimum atomic E-state index is -1.98. The standard InChI is InChI=1S/C24H30N2OSi/c1-6-13-26(14-7-2)20-9-8-10-23(27)21-17-19-11-15-25(3)22(19)18-24(21)28(4,5)16-12-20/h6-10,12,16-18H,1-2,11,13-15H2,3-5H3. The van der Waals surface area contributed by atoms with E-state index in [0.717, 1.165) is 37.3 Å². The molecule has 2 heterocycles. The molecule has 0 aromatic heterocycles. The lowest BCUT2D eigenvalue weighted by atomic mass is 10.0. The topological polar surface area (TPSA) is 23.6 Å². The van der Waals surface area contributed by atoms with Gasteiger partial charge in [0.1, 0.15) is 8.07 Å². The highest BCUT2D eigenvalue weighted by Gasteiger charge is 2.29. The van der Waals surface area contributed by atoms with Crippen LogP contribution in [0.2, 0.25) is 13.1 Å². The van der Waals surface area contributed by atoms with Crippen molar-refractivity contribution < 1.29 is 4.79 Å². The summed E-state index contributed by atoms with van der Waals surface area (Å²) in [6, 6.07) is 4.41. The van der Waals surface area contributed by atoms with Gasteiger partial charge in [0.2, 0.25) is 0 Å². The van der Waals surface area contributed by atoms with E-state index in [2.05, 4.69) is 67.0 Å². The van der Waals surface area contributed by atoms with Gasteiger partial charge in [0.15, 0.2) is 5.78 Å². The quantitative estimate of drug-likeness (QED) is 0.561. The predicted molar refractivity (Wildman–Crippen MR) is 123 cm³/mol. The van der Waals surface area contributed by atoms with Gasteiger partial charge in [0.05, 0.1) is 0 Å². The molecule has 146 valence electrons. The van der Waals surface area contributed by atoms with Crippen molar-refractivity contribution in [1.82, 2.24) is 4.90 Å². The number of hydrogen-bond acceptors (Lipinski definition) is 3. The summed E-state index contributed by atoms with van der Waals surface area (Å²) in [4.78, 5) is 17.5. The Labute approximate surface area is 170 Å². The number of hydrogen-bond donors (Lipinski definition) is 0. The number of fused-ring (bicyclic) bond motifs is 2. The second-order valence-corrected chi connectivity index (χ2v) is 12.4. The molecule has 3 rings (SSSR count). The number of likely N-dealkylation sites (N-methyl/N-ethyl adjacent to an activating group) is 1. The smallest absolute Gasteiger partial charge is 0.185 e. The molecular formula is C24H30N2OSi. The SMILES string of the molecule is C=CCN(CC=C)C1=CC=CC(=O)c2cc3c(cc2[Si](C)(C)C=C1)N(C)CC3. The van der Waals surface area contributed by atoms with E-state index in [0.29, 0.717) is 0 Å². The van der Waals surface area contributed by atoms with E-state index < -0.39 is 8.07 Å². The summed E-state index contributed by atoms with van der Waals surface area (Å²) in [5.41, 5.74) is 6.85. The average Bonchev–Trinajstić information content (AvgIpc) is 3.03. The van der Waals surface area contributed by atoms with Crippen molar-refractivity contribution >= 4 is 24.7 Å². The summed E-state index contributed by atoms with van der Waals surface area (Å²) in [5.74, 6) is 0.0952. The number of ketones is 1. The van der Waals surface area contributed by atoms with Crippen molar-refractivity contribution in [2.75, 3.05) is 31.6 Å². The molecule has 0 radical (unpaired) electrons. The zero-order chi connectivity index (χ0) is 20.3. The summed E-state index contributed by atoms with van der Waals surface area (Å²) in [6.45, 7) is 14.8. The first-order chi connectivity index (χ1) is 13.4. The van der Waals surface area contributed by atoms with Crippen molar-refractivity contribution in [1.29, 1.82) is 0 Å². The van der Waals surface area contributed by atoms with Gasteiger partial charge in [-0.1, -0.05) is 37.0 Å². The summed E-state index contributed by atoms with van der Waals surface area (Å²) < 4.78 is 0. The van der Waals surface area contributed by atoms with Crippen molar-refractivity contribution in [3.8, 4) is 0 Å². The molecular weight excluding hydrogens is 360 g/mol. The van der Waals surface area contributed by atoms with Gasteiger partial charge in [-0.3, -0.25) is 4.79 Å². The minimum Gasteiger partial charge on any atom is -0.374 e. The molecule has 2 aliphatic rings. The fourth-order valence-electron chi connectivity index (χ4n) is 3.91. The minimum absolute atomic E-state index is 0.0952. The van der Waals surface area contributed by atoms with Crippen molar-refractivity contribution in [2.45, 2.75) is 19.5 Å². The summed E-state index contributed by atoms with van der Waals surface area (Å²) in [7, 11) is 0.156. The molecule has 0 N–H and O–H groups in total. The molecule has 0 aliphatic carbocycles. The van der Waals surface area contributed by atoms with Crippen LogP contribution in [0.15, 0.2) is 73.1 Å². The summed E-state index contributed by atoms with van der Waals surface area (Å²) in [5, 5.41) is 1.21. The molecule has 1 aromatic carbocycles. The van der Waals surface area contributed by atoms with Crippen molar-refractivity contribution in [2.24, 2.45) is 0 Å². The van der Waals surface area contributed by atoms with Crippen molar-refractivity contribution in [3.05, 3.63) is 84.3 Å². The van der Waals surface area contributed by atoms with E-state index in [-0.39, 0.29) is 5.78 Å². The van der Waals surface area contributed by atoms with Crippen LogP contribution in [0, 0.1) is 0 Å². The van der Waals surface area contributed by atoms with Gasteiger partial charge in [-0.15, -0.1) is 13.2 Å². The number of anilines is 1. The lowest BCUT2D eigenvalue weighted by Crippen LogP contribution is -2.43. The van der Waals surface area contributed by atoms with Gasteiger partial charge < -0.3 is 9.80 Å². The van der Waals surface area contributed by atoms with E-state index in [9.17, 15) is 4.79 Å². The maximum absolute atomic E-state index is 13.0. The molecule has 3 nitrogen and oxygen atoms in total. The molecule has 0 spiro atoms. The lowest BCUT2D eigenvalue weighted by molar-refractivity contribution is 0.104. The first kappa shape index (κ1) is 20.1. The fraction of sp³-hybridized carbons (Fsp3) is 0.292. The van der Waals surface area contributed by atoms with E-state index in [1.54, 1.807) is 6.08 Å². The normalized spacial score (nSPS) is 17.6. The molecule has 28 heavy (non-hydrogen) atoms. The van der Waals surface area contributed by atoms with Crippen LogP contribution in [0.3, 0.4) is 0 Å². The molecule has 2 aliphatic heterocycles. The maximum atomic E-state index is 13.0. The van der Waals surface area contributed by atoms with E-state index >= 15 is 0 Å². The van der Waals surface area contributed by atoms with Crippen LogP contribution < -0.4 is 10.1 Å². The first-order valence-electron chi connectivity index (χ1n) is 9.84. The van der Waals surface area contributed by atoms with Gasteiger partial charge in [-0.05, 0) is 47.5 Å². The number of carbonyl (C=O) groups is 1. The van der Waals surface area contributed by atoms with Crippen LogP contribution in [0.5, 0.6) is 0 Å². The van der Waals surface area contributed by atoms with Crippen LogP contribution >= 0.6 is 0 Å². The highest BCUT2D eigenvalue weighted by molar-refractivity contribution is 6.94. The Morgan fingerprint density at radius 2 is 1.89 bits per heavy atom. The zero-order valence-electron chi connectivity index (χ0n) is 17.2. The third-order valence-electron chi connectivity index (χ3n) is 5.56. The van der Waals surface area contributed by atoms with Crippen molar-refractivity contribution in [3.63, 3.8) is 0 Å². The van der Waals surface area contributed by atoms with Crippen LogP contribution in [0.4, 0.5) is 5.69 Å². The van der Waals surface area contributed by atoms with E-state index in [1.165, 1.54) is 16.4 Å². The Hall–Kier alpha value is -2.59. The predicted octanol–water partition coefficient (Wildman–Crippen LogP) is 4.00.